The minimum atomic E-state index is -0.182. The maximum Gasteiger partial charge on any atom is 0.248 e. The van der Waals surface area contributed by atoms with Gasteiger partial charge in [0.25, 0.3) is 0 Å². The van der Waals surface area contributed by atoms with Crippen LogP contribution in [0.5, 0.6) is 0 Å². The molecule has 0 unspecified atom stereocenters. The van der Waals surface area contributed by atoms with Crippen LogP contribution >= 0.6 is 11.6 Å². The van der Waals surface area contributed by atoms with E-state index < -0.39 is 0 Å². The molecule has 1 N–H and O–H groups in total. The van der Waals surface area contributed by atoms with E-state index in [-0.39, 0.29) is 12.5 Å². The Labute approximate surface area is 149 Å². The summed E-state index contributed by atoms with van der Waals surface area (Å²) in [5, 5.41) is 15.7. The van der Waals surface area contributed by atoms with Gasteiger partial charge in [0.1, 0.15) is 6.54 Å². The second-order valence-corrected chi connectivity index (χ2v) is 6.47. The third-order valence-electron chi connectivity index (χ3n) is 4.22. The zero-order chi connectivity index (χ0) is 17.2. The van der Waals surface area contributed by atoms with Crippen LogP contribution in [0, 0.1) is 0 Å². The lowest BCUT2D eigenvalue weighted by atomic mass is 10.1. The van der Waals surface area contributed by atoms with E-state index in [1.54, 1.807) is 12.1 Å². The molecular weight excluding hydrogens is 338 g/mol. The molecule has 0 bridgehead atoms. The summed E-state index contributed by atoms with van der Waals surface area (Å²) >= 11 is 5.87. The number of aryl methyl sites for hydroxylation is 2. The first-order valence-electron chi connectivity index (χ1n) is 8.13. The van der Waals surface area contributed by atoms with E-state index in [9.17, 15) is 4.79 Å². The number of aromatic nitrogens is 4. The van der Waals surface area contributed by atoms with Gasteiger partial charge in [0.05, 0.1) is 0 Å². The number of tetrazole rings is 1. The number of fused-ring (bicyclic) bond motifs is 1. The maximum absolute atomic E-state index is 12.2. The van der Waals surface area contributed by atoms with E-state index in [4.69, 9.17) is 11.6 Å². The molecule has 4 rings (SSSR count). The zero-order valence-corrected chi connectivity index (χ0v) is 14.2. The second-order valence-electron chi connectivity index (χ2n) is 6.04. The van der Waals surface area contributed by atoms with Crippen molar-refractivity contribution in [3.05, 3.63) is 58.6 Å². The summed E-state index contributed by atoms with van der Waals surface area (Å²) in [6.45, 7) is 0.0116. The standard InChI is InChI=1S/C18H16ClN5O/c19-15-7-4-13(5-8-15)18-21-23-24(22-18)11-17(25)20-16-9-6-12-2-1-3-14(12)10-16/h4-10H,1-3,11H2,(H,20,25). The molecule has 1 heterocycles. The summed E-state index contributed by atoms with van der Waals surface area (Å²) in [5.41, 5.74) is 4.31. The van der Waals surface area contributed by atoms with Gasteiger partial charge in [-0.15, -0.1) is 10.2 Å². The molecule has 0 fully saturated rings. The van der Waals surface area contributed by atoms with Crippen molar-refractivity contribution in [2.24, 2.45) is 0 Å². The van der Waals surface area contributed by atoms with Gasteiger partial charge < -0.3 is 5.32 Å². The minimum Gasteiger partial charge on any atom is -0.324 e. The molecule has 1 aliphatic carbocycles. The molecule has 0 saturated carbocycles. The topological polar surface area (TPSA) is 72.7 Å². The highest BCUT2D eigenvalue weighted by molar-refractivity contribution is 6.30. The van der Waals surface area contributed by atoms with Crippen molar-refractivity contribution in [3.8, 4) is 11.4 Å². The van der Waals surface area contributed by atoms with Gasteiger partial charge in [0, 0.05) is 16.3 Å². The summed E-state index contributed by atoms with van der Waals surface area (Å²) < 4.78 is 0. The molecule has 1 aliphatic rings. The van der Waals surface area contributed by atoms with Crippen LogP contribution in [0.2, 0.25) is 5.02 Å². The molecule has 0 saturated heterocycles. The fraction of sp³-hybridized carbons (Fsp3) is 0.222. The Bertz CT molecular complexity index is 919. The Kier molecular flexibility index (Phi) is 4.19. The Hall–Kier alpha value is -2.73. The van der Waals surface area contributed by atoms with Gasteiger partial charge in [-0.25, -0.2) is 0 Å². The first-order valence-corrected chi connectivity index (χ1v) is 8.50. The summed E-state index contributed by atoms with van der Waals surface area (Å²) in [5.74, 6) is 0.278. The highest BCUT2D eigenvalue weighted by Crippen LogP contribution is 2.24. The third-order valence-corrected chi connectivity index (χ3v) is 4.47. The second kappa shape index (κ2) is 6.64. The molecule has 3 aromatic rings. The van der Waals surface area contributed by atoms with Crippen molar-refractivity contribution in [1.29, 1.82) is 0 Å². The van der Waals surface area contributed by atoms with Crippen LogP contribution in [0.15, 0.2) is 42.5 Å². The lowest BCUT2D eigenvalue weighted by Gasteiger charge is -2.06. The Morgan fingerprint density at radius 1 is 1.12 bits per heavy atom. The van der Waals surface area contributed by atoms with Crippen molar-refractivity contribution in [2.45, 2.75) is 25.8 Å². The molecule has 6 nitrogen and oxygen atoms in total. The molecule has 1 aromatic heterocycles. The van der Waals surface area contributed by atoms with E-state index in [0.717, 1.165) is 24.1 Å². The number of rotatable bonds is 4. The third kappa shape index (κ3) is 3.53. The summed E-state index contributed by atoms with van der Waals surface area (Å²) in [7, 11) is 0. The molecule has 0 spiro atoms. The van der Waals surface area contributed by atoms with Crippen molar-refractivity contribution in [3.63, 3.8) is 0 Å². The first kappa shape index (κ1) is 15.8. The van der Waals surface area contributed by atoms with E-state index in [2.05, 4.69) is 26.8 Å². The highest BCUT2D eigenvalue weighted by Gasteiger charge is 2.13. The van der Waals surface area contributed by atoms with Crippen LogP contribution in [0.3, 0.4) is 0 Å². The summed E-state index contributed by atoms with van der Waals surface area (Å²) in [6.07, 6.45) is 3.39. The van der Waals surface area contributed by atoms with E-state index in [0.29, 0.717) is 10.8 Å². The fourth-order valence-corrected chi connectivity index (χ4v) is 3.13. The Morgan fingerprint density at radius 3 is 2.76 bits per heavy atom. The smallest absolute Gasteiger partial charge is 0.248 e. The van der Waals surface area contributed by atoms with Crippen molar-refractivity contribution in [2.75, 3.05) is 5.32 Å². The predicted molar refractivity (Wildman–Crippen MR) is 95.4 cm³/mol. The van der Waals surface area contributed by atoms with Crippen LogP contribution in [0.1, 0.15) is 17.5 Å². The molecule has 126 valence electrons. The lowest BCUT2D eigenvalue weighted by Crippen LogP contribution is -2.20. The van der Waals surface area contributed by atoms with Gasteiger partial charge in [-0.1, -0.05) is 17.7 Å². The largest absolute Gasteiger partial charge is 0.324 e. The van der Waals surface area contributed by atoms with Crippen LogP contribution < -0.4 is 5.32 Å². The van der Waals surface area contributed by atoms with Crippen molar-refractivity contribution < 1.29 is 4.79 Å². The van der Waals surface area contributed by atoms with Gasteiger partial charge in [-0.05, 0) is 72.0 Å². The quantitative estimate of drug-likeness (QED) is 0.782. The molecule has 0 atom stereocenters. The number of anilines is 1. The Balaban J connectivity index is 1.42. The summed E-state index contributed by atoms with van der Waals surface area (Å²) in [6, 6.07) is 13.2. The number of hydrogen-bond donors (Lipinski definition) is 1. The fourth-order valence-electron chi connectivity index (χ4n) is 3.00. The summed E-state index contributed by atoms with van der Waals surface area (Å²) in [4.78, 5) is 13.5. The number of carbonyl (C=O) groups is 1. The van der Waals surface area contributed by atoms with Crippen molar-refractivity contribution >= 4 is 23.2 Å². The normalized spacial score (nSPS) is 12.8. The molecule has 0 radical (unpaired) electrons. The van der Waals surface area contributed by atoms with E-state index >= 15 is 0 Å². The van der Waals surface area contributed by atoms with Crippen LogP contribution in [0.4, 0.5) is 5.69 Å². The van der Waals surface area contributed by atoms with E-state index in [1.165, 1.54) is 22.3 Å². The molecule has 25 heavy (non-hydrogen) atoms. The number of halogens is 1. The highest BCUT2D eigenvalue weighted by atomic mass is 35.5. The number of nitrogens with one attached hydrogen (secondary N) is 1. The average molecular weight is 354 g/mol. The number of carbonyl (C=O) groups excluding carboxylic acids is 1. The molecule has 7 heteroatoms. The first-order chi connectivity index (χ1) is 12.2. The molecule has 2 aromatic carbocycles. The van der Waals surface area contributed by atoms with Gasteiger partial charge in [0.15, 0.2) is 0 Å². The maximum atomic E-state index is 12.2. The average Bonchev–Trinajstić information content (AvgIpc) is 3.24. The van der Waals surface area contributed by atoms with Gasteiger partial charge in [-0.3, -0.25) is 4.79 Å². The molecular formula is C18H16ClN5O. The number of amides is 1. The van der Waals surface area contributed by atoms with Crippen LogP contribution in [-0.4, -0.2) is 26.1 Å². The van der Waals surface area contributed by atoms with Gasteiger partial charge in [-0.2, -0.15) is 4.80 Å². The minimum absolute atomic E-state index is 0.0116. The lowest BCUT2D eigenvalue weighted by molar-refractivity contribution is -0.117. The molecule has 1 amide bonds. The van der Waals surface area contributed by atoms with Crippen molar-refractivity contribution in [1.82, 2.24) is 20.2 Å². The molecule has 0 aliphatic heterocycles. The number of nitrogens with zero attached hydrogens (tertiary/aromatic N) is 4. The monoisotopic (exact) mass is 353 g/mol. The van der Waals surface area contributed by atoms with E-state index in [1.807, 2.05) is 24.3 Å². The Morgan fingerprint density at radius 2 is 1.92 bits per heavy atom. The number of benzene rings is 2. The van der Waals surface area contributed by atoms with Gasteiger partial charge >= 0.3 is 0 Å². The van der Waals surface area contributed by atoms with Gasteiger partial charge in [0.2, 0.25) is 11.7 Å². The SMILES string of the molecule is O=C(Cn1nnc(-c2ccc(Cl)cc2)n1)Nc1ccc2c(c1)CCC2. The predicted octanol–water partition coefficient (Wildman–Crippen LogP) is 3.12. The zero-order valence-electron chi connectivity index (χ0n) is 13.4. The number of hydrogen-bond acceptors (Lipinski definition) is 4. The van der Waals surface area contributed by atoms with Crippen LogP contribution in [0.25, 0.3) is 11.4 Å². The van der Waals surface area contributed by atoms with Crippen LogP contribution in [-0.2, 0) is 24.2 Å².